The van der Waals surface area contributed by atoms with Gasteiger partial charge in [0.2, 0.25) is 5.91 Å². The number of amides is 1. The van der Waals surface area contributed by atoms with Crippen LogP contribution in [-0.4, -0.2) is 39.6 Å². The number of hydrogen-bond donors (Lipinski definition) is 1. The minimum atomic E-state index is -0.789. The van der Waals surface area contributed by atoms with E-state index in [4.69, 9.17) is 0 Å². The number of rotatable bonds is 5. The third-order valence-corrected chi connectivity index (χ3v) is 4.80. The first-order valence-electron chi connectivity index (χ1n) is 5.99. The maximum Gasteiger partial charge on any atom is 0.241 e. The van der Waals surface area contributed by atoms with Crippen LogP contribution in [0.5, 0.6) is 0 Å². The molecule has 0 bridgehead atoms. The number of nitrogens with zero attached hydrogens (tertiary/aromatic N) is 1. The lowest BCUT2D eigenvalue weighted by atomic mass is 10.3. The van der Waals surface area contributed by atoms with Crippen LogP contribution in [0.4, 0.5) is 0 Å². The predicted octanol–water partition coefficient (Wildman–Crippen LogP) is 1.34. The Balaban J connectivity index is 2.04. The van der Waals surface area contributed by atoms with Crippen LogP contribution in [0.25, 0.3) is 0 Å². The topological polar surface area (TPSA) is 49.4 Å². The number of carbonyl (C=O) groups is 1. The predicted molar refractivity (Wildman–Crippen MR) is 74.9 cm³/mol. The van der Waals surface area contributed by atoms with Gasteiger partial charge in [-0.1, -0.05) is 6.07 Å². The van der Waals surface area contributed by atoms with Gasteiger partial charge in [-0.2, -0.15) is 0 Å². The largest absolute Gasteiger partial charge is 0.321 e. The molecule has 1 aliphatic rings. The van der Waals surface area contributed by atoms with Gasteiger partial charge in [0.1, 0.15) is 6.17 Å². The van der Waals surface area contributed by atoms with E-state index in [1.165, 1.54) is 0 Å². The summed E-state index contributed by atoms with van der Waals surface area (Å²) in [5.41, 5.74) is 0. The van der Waals surface area contributed by atoms with Gasteiger partial charge in [0.25, 0.3) is 0 Å². The van der Waals surface area contributed by atoms with E-state index in [0.717, 1.165) is 11.3 Å². The van der Waals surface area contributed by atoms with Crippen LogP contribution in [0.15, 0.2) is 17.5 Å². The number of thiophene rings is 1. The van der Waals surface area contributed by atoms with Crippen molar-refractivity contribution in [3.05, 3.63) is 22.4 Å². The van der Waals surface area contributed by atoms with Crippen molar-refractivity contribution in [2.24, 2.45) is 0 Å². The molecule has 1 N–H and O–H groups in total. The molecule has 2 rings (SSSR count). The van der Waals surface area contributed by atoms with Crippen LogP contribution in [0, 0.1) is 0 Å². The molecule has 18 heavy (non-hydrogen) atoms. The fraction of sp³-hybridized carbons (Fsp3) is 0.583. The molecule has 1 saturated heterocycles. The van der Waals surface area contributed by atoms with Crippen molar-refractivity contribution in [1.29, 1.82) is 0 Å². The average molecular weight is 286 g/mol. The second-order valence-electron chi connectivity index (χ2n) is 4.47. The summed E-state index contributed by atoms with van der Waals surface area (Å²) in [4.78, 5) is 15.1. The molecule has 0 radical (unpaired) electrons. The zero-order valence-corrected chi connectivity index (χ0v) is 12.2. The van der Waals surface area contributed by atoms with Gasteiger partial charge in [-0.3, -0.25) is 14.3 Å². The highest BCUT2D eigenvalue weighted by molar-refractivity contribution is 7.84. The highest BCUT2D eigenvalue weighted by Crippen LogP contribution is 2.28. The molecule has 0 aliphatic carbocycles. The minimum Gasteiger partial charge on any atom is -0.321 e. The number of hydrogen-bond acceptors (Lipinski definition) is 4. The monoisotopic (exact) mass is 286 g/mol. The van der Waals surface area contributed by atoms with Crippen molar-refractivity contribution in [2.75, 3.05) is 18.6 Å². The molecule has 100 valence electrons. The molecular formula is C12H18N2O2S2. The SMILES string of the molecule is CC1NC(c2cccs2)N(CCCS(C)=O)C1=O. The molecule has 4 nitrogen and oxygen atoms in total. The van der Waals surface area contributed by atoms with Crippen LogP contribution in [0.3, 0.4) is 0 Å². The fourth-order valence-corrected chi connectivity index (χ4v) is 3.47. The Morgan fingerprint density at radius 2 is 2.33 bits per heavy atom. The van der Waals surface area contributed by atoms with E-state index in [-0.39, 0.29) is 18.1 Å². The number of carbonyl (C=O) groups excluding carboxylic acids is 1. The smallest absolute Gasteiger partial charge is 0.241 e. The highest BCUT2D eigenvalue weighted by atomic mass is 32.2. The van der Waals surface area contributed by atoms with E-state index < -0.39 is 10.8 Å². The molecule has 1 aromatic rings. The quantitative estimate of drug-likeness (QED) is 0.888. The van der Waals surface area contributed by atoms with Gasteiger partial charge in [0, 0.05) is 34.2 Å². The molecule has 1 aliphatic heterocycles. The third kappa shape index (κ3) is 2.99. The van der Waals surface area contributed by atoms with Crippen LogP contribution in [0.2, 0.25) is 0 Å². The molecule has 0 spiro atoms. The summed E-state index contributed by atoms with van der Waals surface area (Å²) >= 11 is 1.65. The minimum absolute atomic E-state index is 0.0159. The first-order valence-corrected chi connectivity index (χ1v) is 8.60. The summed E-state index contributed by atoms with van der Waals surface area (Å²) < 4.78 is 11.1. The molecular weight excluding hydrogens is 268 g/mol. The second-order valence-corrected chi connectivity index (χ2v) is 7.00. The number of nitrogens with one attached hydrogen (secondary N) is 1. The van der Waals surface area contributed by atoms with E-state index >= 15 is 0 Å². The first-order chi connectivity index (χ1) is 8.59. The van der Waals surface area contributed by atoms with Crippen LogP contribution in [-0.2, 0) is 15.6 Å². The van der Waals surface area contributed by atoms with Crippen molar-refractivity contribution in [3.8, 4) is 0 Å². The van der Waals surface area contributed by atoms with Gasteiger partial charge in [-0.15, -0.1) is 11.3 Å². The van der Waals surface area contributed by atoms with Gasteiger partial charge in [0.05, 0.1) is 6.04 Å². The Morgan fingerprint density at radius 3 is 2.94 bits per heavy atom. The Bertz CT molecular complexity index is 433. The Labute approximate surface area is 114 Å². The van der Waals surface area contributed by atoms with Gasteiger partial charge >= 0.3 is 0 Å². The van der Waals surface area contributed by atoms with Crippen molar-refractivity contribution in [2.45, 2.75) is 25.6 Å². The van der Waals surface area contributed by atoms with E-state index in [1.54, 1.807) is 17.6 Å². The lowest BCUT2D eigenvalue weighted by Crippen LogP contribution is -2.31. The molecule has 3 unspecified atom stereocenters. The Hall–Kier alpha value is -0.720. The molecule has 3 atom stereocenters. The van der Waals surface area contributed by atoms with E-state index in [0.29, 0.717) is 12.3 Å². The molecule has 2 heterocycles. The summed E-state index contributed by atoms with van der Waals surface area (Å²) in [5.74, 6) is 0.783. The van der Waals surface area contributed by atoms with Crippen molar-refractivity contribution < 1.29 is 9.00 Å². The zero-order valence-electron chi connectivity index (χ0n) is 10.6. The molecule has 1 aromatic heterocycles. The lowest BCUT2D eigenvalue weighted by molar-refractivity contribution is -0.129. The summed E-state index contributed by atoms with van der Waals surface area (Å²) in [6, 6.07) is 3.90. The first kappa shape index (κ1) is 13.7. The summed E-state index contributed by atoms with van der Waals surface area (Å²) in [6.45, 7) is 2.55. The summed E-state index contributed by atoms with van der Waals surface area (Å²) in [7, 11) is -0.789. The maximum absolute atomic E-state index is 12.1. The normalized spacial score (nSPS) is 25.7. The fourth-order valence-electron chi connectivity index (χ4n) is 2.13. The van der Waals surface area contributed by atoms with Gasteiger partial charge in [0.15, 0.2) is 0 Å². The van der Waals surface area contributed by atoms with Crippen LogP contribution < -0.4 is 5.32 Å². The van der Waals surface area contributed by atoms with Gasteiger partial charge in [-0.25, -0.2) is 0 Å². The maximum atomic E-state index is 12.1. The standard InChI is InChI=1S/C12H18N2O2S2/c1-9-12(15)14(6-4-8-18(2)16)11(13-9)10-5-3-7-17-10/h3,5,7,9,11,13H,4,6,8H2,1-2H3. The van der Waals surface area contributed by atoms with Crippen LogP contribution in [0.1, 0.15) is 24.4 Å². The lowest BCUT2D eigenvalue weighted by Gasteiger charge is -2.23. The average Bonchev–Trinajstić information content (AvgIpc) is 2.91. The zero-order chi connectivity index (χ0) is 13.1. The van der Waals surface area contributed by atoms with Gasteiger partial charge in [-0.05, 0) is 24.8 Å². The van der Waals surface area contributed by atoms with Crippen molar-refractivity contribution in [1.82, 2.24) is 10.2 Å². The molecule has 0 saturated carbocycles. The van der Waals surface area contributed by atoms with E-state index in [1.807, 2.05) is 29.3 Å². The Kier molecular flexibility index (Phi) is 4.53. The Morgan fingerprint density at radius 1 is 1.56 bits per heavy atom. The molecule has 1 amide bonds. The third-order valence-electron chi connectivity index (χ3n) is 3.02. The second kappa shape index (κ2) is 5.95. The highest BCUT2D eigenvalue weighted by Gasteiger charge is 2.36. The molecule has 1 fully saturated rings. The van der Waals surface area contributed by atoms with E-state index in [2.05, 4.69) is 5.32 Å². The van der Waals surface area contributed by atoms with Crippen molar-refractivity contribution >= 4 is 28.0 Å². The summed E-state index contributed by atoms with van der Waals surface area (Å²) in [5, 5.41) is 5.32. The summed E-state index contributed by atoms with van der Waals surface area (Å²) in [6.07, 6.45) is 2.46. The molecule has 0 aromatic carbocycles. The van der Waals surface area contributed by atoms with Crippen LogP contribution >= 0.6 is 11.3 Å². The van der Waals surface area contributed by atoms with E-state index in [9.17, 15) is 9.00 Å². The van der Waals surface area contributed by atoms with Gasteiger partial charge < -0.3 is 4.90 Å². The van der Waals surface area contributed by atoms with Crippen molar-refractivity contribution in [3.63, 3.8) is 0 Å². The molecule has 6 heteroatoms.